The van der Waals surface area contributed by atoms with E-state index in [1.807, 2.05) is 6.92 Å². The van der Waals surface area contributed by atoms with Crippen molar-refractivity contribution in [2.75, 3.05) is 0 Å². The first kappa shape index (κ1) is 8.27. The molecule has 0 atom stereocenters. The van der Waals surface area contributed by atoms with Gasteiger partial charge in [0.15, 0.2) is 6.29 Å². The Morgan fingerprint density at radius 3 is 2.73 bits per heavy atom. The van der Waals surface area contributed by atoms with E-state index in [0.29, 0.717) is 11.8 Å². The smallest absolute Gasteiger partial charge is 0.151 e. The van der Waals surface area contributed by atoms with Crippen molar-refractivity contribution in [3.8, 4) is 5.75 Å². The van der Waals surface area contributed by atoms with Crippen LogP contribution in [0.3, 0.4) is 0 Å². The largest absolute Gasteiger partial charge is 0.508 e. The normalized spacial score (nSPS) is 9.64. The molecule has 0 saturated heterocycles. The Balaban J connectivity index is 3.35. The van der Waals surface area contributed by atoms with Gasteiger partial charge in [-0.25, -0.2) is 0 Å². The van der Waals surface area contributed by atoms with Crippen molar-refractivity contribution in [1.29, 1.82) is 0 Å². The predicted molar refractivity (Wildman–Crippen MR) is 45.9 cm³/mol. The van der Waals surface area contributed by atoms with Crippen LogP contribution in [0.25, 0.3) is 0 Å². The molecule has 0 amide bonds. The molecule has 1 rings (SSSR count). The Bertz CT molecular complexity index is 294. The maximum atomic E-state index is 10.4. The molecule has 0 saturated carbocycles. The molecule has 0 unspecified atom stereocenters. The summed E-state index contributed by atoms with van der Waals surface area (Å²) in [6.45, 7) is 1.82. The average Bonchev–Trinajstić information content (AvgIpc) is 1.96. The van der Waals surface area contributed by atoms with Crippen LogP contribution in [0.2, 0.25) is 0 Å². The van der Waals surface area contributed by atoms with Gasteiger partial charge in [0.25, 0.3) is 0 Å². The summed E-state index contributed by atoms with van der Waals surface area (Å²) in [6, 6.07) is 3.02. The van der Waals surface area contributed by atoms with E-state index in [-0.39, 0.29) is 5.75 Å². The van der Waals surface area contributed by atoms with E-state index in [9.17, 15) is 4.79 Å². The summed E-state index contributed by atoms with van der Waals surface area (Å²) in [5.74, 6) is 0.118. The second-order valence-corrected chi connectivity index (χ2v) is 3.08. The van der Waals surface area contributed by atoms with Crippen LogP contribution in [0.15, 0.2) is 16.6 Å². The number of phenols is 1. The monoisotopic (exact) mass is 214 g/mol. The van der Waals surface area contributed by atoms with Crippen LogP contribution in [-0.2, 0) is 0 Å². The minimum atomic E-state index is 0.118. The number of hydrogen-bond donors (Lipinski definition) is 1. The number of phenolic OH excluding ortho intramolecular Hbond substituents is 1. The van der Waals surface area contributed by atoms with Crippen molar-refractivity contribution < 1.29 is 9.90 Å². The average molecular weight is 215 g/mol. The van der Waals surface area contributed by atoms with E-state index in [4.69, 9.17) is 5.11 Å². The molecule has 0 fully saturated rings. The van der Waals surface area contributed by atoms with Crippen molar-refractivity contribution in [2.45, 2.75) is 6.92 Å². The van der Waals surface area contributed by atoms with E-state index < -0.39 is 0 Å². The Morgan fingerprint density at radius 1 is 1.55 bits per heavy atom. The molecule has 2 nitrogen and oxygen atoms in total. The van der Waals surface area contributed by atoms with Crippen LogP contribution < -0.4 is 0 Å². The number of aryl methyl sites for hydroxylation is 1. The Kier molecular flexibility index (Phi) is 2.29. The van der Waals surface area contributed by atoms with Gasteiger partial charge in [-0.2, -0.15) is 0 Å². The molecular weight excluding hydrogens is 208 g/mol. The third kappa shape index (κ3) is 1.60. The summed E-state index contributed by atoms with van der Waals surface area (Å²) in [4.78, 5) is 10.4. The lowest BCUT2D eigenvalue weighted by molar-refractivity contribution is 0.112. The fourth-order valence-corrected chi connectivity index (χ4v) is 1.19. The molecule has 0 aliphatic heterocycles. The Morgan fingerprint density at radius 2 is 2.18 bits per heavy atom. The molecule has 1 aromatic rings. The predicted octanol–water partition coefficient (Wildman–Crippen LogP) is 2.28. The van der Waals surface area contributed by atoms with Crippen LogP contribution >= 0.6 is 15.9 Å². The number of rotatable bonds is 1. The highest BCUT2D eigenvalue weighted by molar-refractivity contribution is 9.10. The van der Waals surface area contributed by atoms with Crippen LogP contribution in [0.4, 0.5) is 0 Å². The second kappa shape index (κ2) is 3.05. The number of benzene rings is 1. The van der Waals surface area contributed by atoms with Crippen LogP contribution in [-0.4, -0.2) is 11.4 Å². The van der Waals surface area contributed by atoms with Gasteiger partial charge in [-0.1, -0.05) is 0 Å². The SMILES string of the molecule is Cc1cc(O)cc(C=O)c1Br. The van der Waals surface area contributed by atoms with Gasteiger partial charge >= 0.3 is 0 Å². The molecule has 3 heteroatoms. The van der Waals surface area contributed by atoms with Crippen LogP contribution in [0.5, 0.6) is 5.75 Å². The van der Waals surface area contributed by atoms with Gasteiger partial charge in [0.05, 0.1) is 0 Å². The second-order valence-electron chi connectivity index (χ2n) is 2.28. The molecule has 0 aliphatic rings. The fraction of sp³-hybridized carbons (Fsp3) is 0.125. The van der Waals surface area contributed by atoms with Crippen LogP contribution in [0.1, 0.15) is 15.9 Å². The fourth-order valence-electron chi connectivity index (χ4n) is 0.863. The zero-order valence-corrected chi connectivity index (χ0v) is 7.55. The first-order chi connectivity index (χ1) is 5.15. The molecule has 1 aromatic carbocycles. The molecular formula is C8H7BrO2. The van der Waals surface area contributed by atoms with Gasteiger partial charge in [0, 0.05) is 10.0 Å². The Labute approximate surface area is 73.0 Å². The minimum absolute atomic E-state index is 0.118. The van der Waals surface area contributed by atoms with Gasteiger partial charge in [0.1, 0.15) is 5.75 Å². The lowest BCUT2D eigenvalue weighted by Gasteiger charge is -2.01. The summed E-state index contributed by atoms with van der Waals surface area (Å²) >= 11 is 3.23. The van der Waals surface area contributed by atoms with Crippen molar-refractivity contribution in [2.24, 2.45) is 0 Å². The van der Waals surface area contributed by atoms with Gasteiger partial charge in [-0.05, 0) is 40.5 Å². The lowest BCUT2D eigenvalue weighted by Crippen LogP contribution is -1.85. The van der Waals surface area contributed by atoms with E-state index in [2.05, 4.69) is 15.9 Å². The molecule has 0 spiro atoms. The van der Waals surface area contributed by atoms with E-state index in [0.717, 1.165) is 10.0 Å². The molecule has 0 bridgehead atoms. The maximum Gasteiger partial charge on any atom is 0.151 e. The summed E-state index contributed by atoms with van der Waals surface area (Å²) in [6.07, 6.45) is 0.705. The number of aromatic hydroxyl groups is 1. The number of carbonyl (C=O) groups excluding carboxylic acids is 1. The molecule has 11 heavy (non-hydrogen) atoms. The topological polar surface area (TPSA) is 37.3 Å². The lowest BCUT2D eigenvalue weighted by atomic mass is 10.1. The van der Waals surface area contributed by atoms with E-state index >= 15 is 0 Å². The number of hydrogen-bond acceptors (Lipinski definition) is 2. The summed E-state index contributed by atoms with van der Waals surface area (Å²) in [5.41, 5.74) is 1.33. The quantitative estimate of drug-likeness (QED) is 0.729. The number of aldehydes is 1. The van der Waals surface area contributed by atoms with E-state index in [1.165, 1.54) is 6.07 Å². The molecule has 0 aliphatic carbocycles. The highest BCUT2D eigenvalue weighted by Crippen LogP contribution is 2.24. The van der Waals surface area contributed by atoms with Crippen LogP contribution in [0, 0.1) is 6.92 Å². The first-order valence-electron chi connectivity index (χ1n) is 3.09. The highest BCUT2D eigenvalue weighted by atomic mass is 79.9. The van der Waals surface area contributed by atoms with Crippen molar-refractivity contribution in [3.05, 3.63) is 27.7 Å². The van der Waals surface area contributed by atoms with Gasteiger partial charge in [-0.15, -0.1) is 0 Å². The van der Waals surface area contributed by atoms with E-state index in [1.54, 1.807) is 6.07 Å². The van der Waals surface area contributed by atoms with Gasteiger partial charge in [-0.3, -0.25) is 4.79 Å². The maximum absolute atomic E-state index is 10.4. The van der Waals surface area contributed by atoms with Gasteiger partial charge in [0.2, 0.25) is 0 Å². The van der Waals surface area contributed by atoms with Crippen molar-refractivity contribution in [3.63, 3.8) is 0 Å². The van der Waals surface area contributed by atoms with Crippen molar-refractivity contribution in [1.82, 2.24) is 0 Å². The van der Waals surface area contributed by atoms with Crippen molar-refractivity contribution >= 4 is 22.2 Å². The third-order valence-electron chi connectivity index (χ3n) is 1.39. The molecule has 0 aromatic heterocycles. The summed E-state index contributed by atoms with van der Waals surface area (Å²) in [7, 11) is 0. The minimum Gasteiger partial charge on any atom is -0.508 e. The first-order valence-corrected chi connectivity index (χ1v) is 3.88. The summed E-state index contributed by atoms with van der Waals surface area (Å²) in [5, 5.41) is 9.07. The summed E-state index contributed by atoms with van der Waals surface area (Å²) < 4.78 is 0.741. The van der Waals surface area contributed by atoms with Gasteiger partial charge < -0.3 is 5.11 Å². The highest BCUT2D eigenvalue weighted by Gasteiger charge is 2.03. The molecule has 0 heterocycles. The molecule has 0 radical (unpaired) electrons. The Hall–Kier alpha value is -0.830. The molecule has 1 N–H and O–H groups in total. The number of halogens is 1. The zero-order chi connectivity index (χ0) is 8.43. The molecule has 58 valence electrons. The third-order valence-corrected chi connectivity index (χ3v) is 2.48. The standard InChI is InChI=1S/C8H7BrO2/c1-5-2-7(11)3-6(4-10)8(5)9/h2-4,11H,1H3. The zero-order valence-electron chi connectivity index (χ0n) is 5.97. The number of carbonyl (C=O) groups is 1.